The van der Waals surface area contributed by atoms with E-state index in [0.717, 1.165) is 48.6 Å². The number of nitrogens with zero attached hydrogens (tertiary/aromatic N) is 5. The lowest BCUT2D eigenvalue weighted by Gasteiger charge is -2.21. The van der Waals surface area contributed by atoms with Crippen molar-refractivity contribution in [2.24, 2.45) is 13.0 Å². The lowest BCUT2D eigenvalue weighted by molar-refractivity contribution is -0.137. The van der Waals surface area contributed by atoms with Crippen LogP contribution in [-0.4, -0.2) is 50.0 Å². The van der Waals surface area contributed by atoms with Gasteiger partial charge in [0.1, 0.15) is 5.82 Å². The predicted molar refractivity (Wildman–Crippen MR) is 119 cm³/mol. The number of aromatic nitrogens is 4. The highest BCUT2D eigenvalue weighted by Crippen LogP contribution is 2.59. The number of benzene rings is 1. The van der Waals surface area contributed by atoms with Crippen molar-refractivity contribution in [2.75, 3.05) is 25.4 Å². The van der Waals surface area contributed by atoms with Crippen LogP contribution in [0.5, 0.6) is 0 Å². The summed E-state index contributed by atoms with van der Waals surface area (Å²) < 4.78 is 60.7. The first kappa shape index (κ1) is 23.3. The van der Waals surface area contributed by atoms with Crippen LogP contribution in [0.4, 0.5) is 17.6 Å². The molecule has 11 heteroatoms. The van der Waals surface area contributed by atoms with E-state index in [2.05, 4.69) is 20.1 Å². The second-order valence-electron chi connectivity index (χ2n) is 9.20. The van der Waals surface area contributed by atoms with Gasteiger partial charge in [0.15, 0.2) is 16.8 Å². The number of likely N-dealkylation sites (tertiary alicyclic amines) is 1. The molecule has 0 bridgehead atoms. The van der Waals surface area contributed by atoms with E-state index in [0.29, 0.717) is 41.6 Å². The van der Waals surface area contributed by atoms with E-state index in [1.54, 1.807) is 18.7 Å². The Morgan fingerprint density at radius 3 is 2.71 bits per heavy atom. The van der Waals surface area contributed by atoms with Crippen LogP contribution in [-0.2, 0) is 18.6 Å². The highest BCUT2D eigenvalue weighted by Gasteiger charge is 2.61. The standard InChI is InChI=1S/C23H25F4N5OS/c1-13-19(33-14(2)28-13)20-29-30-21(31(20)3)34-8-4-7-32-11-16-10-22(16,12-32)17-6-5-15(9-18(17)24)23(25,26)27/h5-6,9,16H,4,7-8,10-12H2,1-3H3/t16-,22-/m0/s1. The molecule has 182 valence electrons. The van der Waals surface area contributed by atoms with E-state index < -0.39 is 17.6 Å². The largest absolute Gasteiger partial charge is 0.437 e. The minimum Gasteiger partial charge on any atom is -0.437 e. The smallest absolute Gasteiger partial charge is 0.416 e. The van der Waals surface area contributed by atoms with Gasteiger partial charge in [0, 0.05) is 38.2 Å². The van der Waals surface area contributed by atoms with Crippen molar-refractivity contribution in [1.82, 2.24) is 24.6 Å². The molecule has 1 saturated carbocycles. The molecule has 34 heavy (non-hydrogen) atoms. The SMILES string of the molecule is Cc1nc(C)c(-c2nnc(SCCCN3C[C@@H]4C[C@]4(c4ccc(C(F)(F)F)cc4F)C3)n2C)o1. The van der Waals surface area contributed by atoms with Crippen molar-refractivity contribution in [3.8, 4) is 11.6 Å². The summed E-state index contributed by atoms with van der Waals surface area (Å²) in [6.45, 7) is 6.04. The molecule has 2 fully saturated rings. The third-order valence-corrected chi connectivity index (χ3v) is 7.95. The van der Waals surface area contributed by atoms with Gasteiger partial charge in [-0.1, -0.05) is 17.8 Å². The number of aryl methyl sites for hydroxylation is 2. The molecular weight excluding hydrogens is 470 g/mol. The van der Waals surface area contributed by atoms with Crippen LogP contribution in [0, 0.1) is 25.6 Å². The van der Waals surface area contributed by atoms with Crippen molar-refractivity contribution in [3.63, 3.8) is 0 Å². The molecule has 0 unspecified atom stereocenters. The van der Waals surface area contributed by atoms with E-state index in [1.807, 2.05) is 18.5 Å². The lowest BCUT2D eigenvalue weighted by Crippen LogP contribution is -2.28. The van der Waals surface area contributed by atoms with Crippen LogP contribution in [0.3, 0.4) is 0 Å². The highest BCUT2D eigenvalue weighted by molar-refractivity contribution is 7.99. The van der Waals surface area contributed by atoms with Gasteiger partial charge in [0.25, 0.3) is 0 Å². The Hall–Kier alpha value is -2.40. The summed E-state index contributed by atoms with van der Waals surface area (Å²) in [5.41, 5.74) is -0.0790. The van der Waals surface area contributed by atoms with Crippen LogP contribution >= 0.6 is 11.8 Å². The van der Waals surface area contributed by atoms with E-state index in [-0.39, 0.29) is 5.41 Å². The van der Waals surface area contributed by atoms with Gasteiger partial charge in [0.2, 0.25) is 5.82 Å². The van der Waals surface area contributed by atoms with Gasteiger partial charge in [-0.3, -0.25) is 0 Å². The summed E-state index contributed by atoms with van der Waals surface area (Å²) >= 11 is 1.61. The Kier molecular flexibility index (Phi) is 5.75. The molecule has 0 spiro atoms. The third-order valence-electron chi connectivity index (χ3n) is 6.84. The Balaban J connectivity index is 1.15. The number of alkyl halides is 3. The van der Waals surface area contributed by atoms with Crippen molar-refractivity contribution in [3.05, 3.63) is 46.7 Å². The molecule has 0 radical (unpaired) electrons. The second kappa shape index (κ2) is 8.37. The fraction of sp³-hybridized carbons (Fsp3) is 0.522. The average Bonchev–Trinajstić information content (AvgIpc) is 3.00. The number of halogens is 4. The number of rotatable bonds is 7. The summed E-state index contributed by atoms with van der Waals surface area (Å²) in [6.07, 6.45) is -2.79. The molecule has 0 N–H and O–H groups in total. The van der Waals surface area contributed by atoms with E-state index in [9.17, 15) is 17.6 Å². The summed E-state index contributed by atoms with van der Waals surface area (Å²) in [5, 5.41) is 9.30. The second-order valence-corrected chi connectivity index (χ2v) is 10.3. The van der Waals surface area contributed by atoms with Gasteiger partial charge in [0.05, 0.1) is 11.3 Å². The normalized spacial score (nSPS) is 22.4. The topological polar surface area (TPSA) is 60.0 Å². The van der Waals surface area contributed by atoms with Crippen LogP contribution in [0.15, 0.2) is 27.8 Å². The van der Waals surface area contributed by atoms with Crippen LogP contribution in [0.2, 0.25) is 0 Å². The molecule has 2 aromatic heterocycles. The maximum absolute atomic E-state index is 14.6. The lowest BCUT2D eigenvalue weighted by atomic mass is 9.93. The van der Waals surface area contributed by atoms with Gasteiger partial charge >= 0.3 is 6.18 Å². The molecule has 6 nitrogen and oxygen atoms in total. The van der Waals surface area contributed by atoms with Crippen LogP contribution < -0.4 is 0 Å². The van der Waals surface area contributed by atoms with Gasteiger partial charge in [-0.25, -0.2) is 9.37 Å². The molecule has 0 amide bonds. The molecule has 3 heterocycles. The molecule has 5 rings (SSSR count). The number of oxazole rings is 1. The zero-order chi connectivity index (χ0) is 24.3. The molecule has 2 atom stereocenters. The van der Waals surface area contributed by atoms with Gasteiger partial charge < -0.3 is 13.9 Å². The monoisotopic (exact) mass is 495 g/mol. The molecule has 2 aliphatic rings. The number of thioether (sulfide) groups is 1. The fourth-order valence-corrected chi connectivity index (χ4v) is 5.93. The molecule has 1 aliphatic carbocycles. The summed E-state index contributed by atoms with van der Waals surface area (Å²) in [5.74, 6) is 2.24. The Morgan fingerprint density at radius 1 is 1.24 bits per heavy atom. The average molecular weight is 496 g/mol. The minimum atomic E-state index is -4.53. The number of piperidine rings is 1. The van der Waals surface area contributed by atoms with Gasteiger partial charge in [-0.15, -0.1) is 10.2 Å². The molecule has 3 aromatic rings. The Bertz CT molecular complexity index is 1220. The van der Waals surface area contributed by atoms with Gasteiger partial charge in [-0.2, -0.15) is 13.2 Å². The molecule has 1 aliphatic heterocycles. The summed E-state index contributed by atoms with van der Waals surface area (Å²) in [4.78, 5) is 6.57. The maximum Gasteiger partial charge on any atom is 0.416 e. The molecule has 1 aromatic carbocycles. The molecule has 1 saturated heterocycles. The predicted octanol–water partition coefficient (Wildman–Crippen LogP) is 5.00. The quantitative estimate of drug-likeness (QED) is 0.261. The minimum absolute atomic E-state index is 0.307. The third kappa shape index (κ3) is 4.13. The highest BCUT2D eigenvalue weighted by atomic mass is 32.2. The molecular formula is C23H25F4N5OS. The maximum atomic E-state index is 14.6. The van der Waals surface area contributed by atoms with E-state index in [1.165, 1.54) is 6.07 Å². The fourth-order valence-electron chi connectivity index (χ4n) is 5.10. The van der Waals surface area contributed by atoms with Crippen LogP contribution in [0.1, 0.15) is 35.6 Å². The van der Waals surface area contributed by atoms with Crippen molar-refractivity contribution >= 4 is 11.8 Å². The van der Waals surface area contributed by atoms with Crippen LogP contribution in [0.25, 0.3) is 11.6 Å². The van der Waals surface area contributed by atoms with Crippen molar-refractivity contribution < 1.29 is 22.0 Å². The Labute approximate surface area is 198 Å². The van der Waals surface area contributed by atoms with E-state index in [4.69, 9.17) is 4.42 Å². The first-order valence-electron chi connectivity index (χ1n) is 11.1. The van der Waals surface area contributed by atoms with Crippen molar-refractivity contribution in [2.45, 2.75) is 43.4 Å². The first-order valence-corrected chi connectivity index (χ1v) is 12.1. The summed E-state index contributed by atoms with van der Waals surface area (Å²) in [7, 11) is 1.89. The zero-order valence-corrected chi connectivity index (χ0v) is 19.9. The zero-order valence-electron chi connectivity index (χ0n) is 19.1. The number of hydrogen-bond acceptors (Lipinski definition) is 6. The van der Waals surface area contributed by atoms with Gasteiger partial charge in [-0.05, 0) is 49.9 Å². The van der Waals surface area contributed by atoms with Crippen molar-refractivity contribution in [1.29, 1.82) is 0 Å². The first-order chi connectivity index (χ1) is 16.1. The summed E-state index contributed by atoms with van der Waals surface area (Å²) in [6, 6.07) is 2.97. The Morgan fingerprint density at radius 2 is 2.03 bits per heavy atom. The number of fused-ring (bicyclic) bond motifs is 1. The number of hydrogen-bond donors (Lipinski definition) is 0. The van der Waals surface area contributed by atoms with E-state index >= 15 is 0 Å².